The molecule has 1 saturated heterocycles. The van der Waals surface area contributed by atoms with Crippen LogP contribution in [-0.4, -0.2) is 28.8 Å². The van der Waals surface area contributed by atoms with Crippen molar-refractivity contribution in [3.05, 3.63) is 21.9 Å². The highest BCUT2D eigenvalue weighted by Crippen LogP contribution is 2.38. The van der Waals surface area contributed by atoms with E-state index in [9.17, 15) is 4.79 Å². The molecule has 1 saturated carbocycles. The number of ether oxygens (including phenoxy) is 1. The predicted octanol–water partition coefficient (Wildman–Crippen LogP) is 4.01. The molecule has 134 valence electrons. The highest BCUT2D eigenvalue weighted by Gasteiger charge is 2.38. The van der Waals surface area contributed by atoms with Crippen molar-refractivity contribution in [3.8, 4) is 0 Å². The van der Waals surface area contributed by atoms with Crippen LogP contribution in [0.5, 0.6) is 0 Å². The fourth-order valence-corrected chi connectivity index (χ4v) is 4.28. The Balaban J connectivity index is 1.50. The Hall–Kier alpha value is -0.910. The Morgan fingerprint density at radius 3 is 2.79 bits per heavy atom. The van der Waals surface area contributed by atoms with E-state index in [1.165, 1.54) is 19.3 Å². The lowest BCUT2D eigenvalue weighted by Gasteiger charge is -2.43. The average Bonchev–Trinajstić information content (AvgIpc) is 2.81. The SMILES string of the molecule is Cn1c(CNC(=O)N[C@@H]2CCOC3(CCCCC3)C2)cc(Cl)c1Cl. The summed E-state index contributed by atoms with van der Waals surface area (Å²) in [6.07, 6.45) is 7.78. The van der Waals surface area contributed by atoms with E-state index in [1.54, 1.807) is 10.6 Å². The number of nitrogens with one attached hydrogen (secondary N) is 2. The number of hydrogen-bond donors (Lipinski definition) is 2. The minimum Gasteiger partial charge on any atom is -0.375 e. The maximum Gasteiger partial charge on any atom is 0.315 e. The van der Waals surface area contributed by atoms with Crippen LogP contribution in [0.15, 0.2) is 6.07 Å². The Labute approximate surface area is 153 Å². The van der Waals surface area contributed by atoms with Crippen molar-refractivity contribution in [1.29, 1.82) is 0 Å². The van der Waals surface area contributed by atoms with Gasteiger partial charge in [0.15, 0.2) is 0 Å². The van der Waals surface area contributed by atoms with Crippen LogP contribution in [0.1, 0.15) is 50.6 Å². The van der Waals surface area contributed by atoms with Crippen LogP contribution in [0.4, 0.5) is 4.79 Å². The normalized spacial score (nSPS) is 23.2. The van der Waals surface area contributed by atoms with Crippen LogP contribution in [0.2, 0.25) is 10.2 Å². The molecule has 5 nitrogen and oxygen atoms in total. The molecule has 1 aromatic heterocycles. The van der Waals surface area contributed by atoms with Crippen molar-refractivity contribution in [1.82, 2.24) is 15.2 Å². The molecule has 0 aromatic carbocycles. The summed E-state index contributed by atoms with van der Waals surface area (Å²) in [6.45, 7) is 1.12. The van der Waals surface area contributed by atoms with E-state index in [0.717, 1.165) is 38.0 Å². The van der Waals surface area contributed by atoms with Gasteiger partial charge in [0.2, 0.25) is 0 Å². The van der Waals surface area contributed by atoms with E-state index < -0.39 is 0 Å². The summed E-state index contributed by atoms with van der Waals surface area (Å²) in [7, 11) is 1.83. The third-order valence-corrected chi connectivity index (χ3v) is 6.08. The molecule has 1 aliphatic heterocycles. The number of halogens is 2. The van der Waals surface area contributed by atoms with Gasteiger partial charge in [0.1, 0.15) is 5.15 Å². The summed E-state index contributed by atoms with van der Waals surface area (Å²) in [4.78, 5) is 12.2. The highest BCUT2D eigenvalue weighted by molar-refractivity contribution is 6.41. The van der Waals surface area contributed by atoms with E-state index in [-0.39, 0.29) is 17.7 Å². The molecule has 0 bridgehead atoms. The summed E-state index contributed by atoms with van der Waals surface area (Å²) < 4.78 is 7.85. The third kappa shape index (κ3) is 4.01. The van der Waals surface area contributed by atoms with E-state index in [2.05, 4.69) is 10.6 Å². The smallest absolute Gasteiger partial charge is 0.315 e. The van der Waals surface area contributed by atoms with E-state index in [1.807, 2.05) is 7.05 Å². The number of carbonyl (C=O) groups excluding carboxylic acids is 1. The van der Waals surface area contributed by atoms with Crippen LogP contribution in [0.25, 0.3) is 0 Å². The zero-order valence-corrected chi connectivity index (χ0v) is 15.6. The molecule has 24 heavy (non-hydrogen) atoms. The summed E-state index contributed by atoms with van der Waals surface area (Å²) in [5.41, 5.74) is 0.865. The van der Waals surface area contributed by atoms with Crippen LogP contribution in [0.3, 0.4) is 0 Å². The molecular formula is C17H25Cl2N3O2. The fraction of sp³-hybridized carbons (Fsp3) is 0.706. The molecule has 1 aliphatic carbocycles. The van der Waals surface area contributed by atoms with Crippen LogP contribution in [0, 0.1) is 0 Å². The molecule has 0 unspecified atom stereocenters. The Kier molecular flexibility index (Phi) is 5.63. The van der Waals surface area contributed by atoms with Gasteiger partial charge in [-0.1, -0.05) is 42.5 Å². The number of carbonyl (C=O) groups is 1. The quantitative estimate of drug-likeness (QED) is 0.840. The molecule has 7 heteroatoms. The van der Waals surface area contributed by atoms with Crippen molar-refractivity contribution >= 4 is 29.2 Å². The minimum atomic E-state index is -0.152. The van der Waals surface area contributed by atoms with Gasteiger partial charge in [-0.25, -0.2) is 4.79 Å². The fourth-order valence-electron chi connectivity index (χ4n) is 3.86. The van der Waals surface area contributed by atoms with Gasteiger partial charge in [-0.15, -0.1) is 0 Å². The monoisotopic (exact) mass is 373 g/mol. The van der Waals surface area contributed by atoms with E-state index in [4.69, 9.17) is 27.9 Å². The van der Waals surface area contributed by atoms with Gasteiger partial charge in [-0.3, -0.25) is 0 Å². The Morgan fingerprint density at radius 2 is 2.12 bits per heavy atom. The van der Waals surface area contributed by atoms with E-state index in [0.29, 0.717) is 16.7 Å². The lowest BCUT2D eigenvalue weighted by Crippen LogP contribution is -2.51. The largest absolute Gasteiger partial charge is 0.375 e. The molecule has 2 heterocycles. The Morgan fingerprint density at radius 1 is 1.38 bits per heavy atom. The molecule has 2 N–H and O–H groups in total. The first kappa shape index (κ1) is 17.9. The number of hydrogen-bond acceptors (Lipinski definition) is 2. The lowest BCUT2D eigenvalue weighted by molar-refractivity contribution is -0.107. The second-order valence-electron chi connectivity index (χ2n) is 6.94. The highest BCUT2D eigenvalue weighted by atomic mass is 35.5. The lowest BCUT2D eigenvalue weighted by atomic mass is 9.78. The number of amides is 2. The van der Waals surface area contributed by atoms with Gasteiger partial charge in [0, 0.05) is 25.4 Å². The Bertz CT molecular complexity index is 591. The third-order valence-electron chi connectivity index (χ3n) is 5.24. The molecule has 2 aliphatic rings. The first-order valence-corrected chi connectivity index (χ1v) is 9.43. The van der Waals surface area contributed by atoms with Crippen molar-refractivity contribution in [2.45, 2.75) is 63.1 Å². The van der Waals surface area contributed by atoms with Crippen LogP contribution >= 0.6 is 23.2 Å². The van der Waals surface area contributed by atoms with Gasteiger partial charge in [-0.05, 0) is 31.7 Å². The molecule has 1 spiro atoms. The first-order valence-electron chi connectivity index (χ1n) is 8.67. The number of nitrogens with zero attached hydrogens (tertiary/aromatic N) is 1. The van der Waals surface area contributed by atoms with Gasteiger partial charge in [0.05, 0.1) is 17.2 Å². The summed E-state index contributed by atoms with van der Waals surface area (Å²) >= 11 is 12.0. The molecule has 2 fully saturated rings. The maximum absolute atomic E-state index is 12.2. The van der Waals surface area contributed by atoms with Crippen LogP contribution in [-0.2, 0) is 18.3 Å². The number of rotatable bonds is 3. The second kappa shape index (κ2) is 7.54. The minimum absolute atomic E-state index is 0.00633. The topological polar surface area (TPSA) is 55.3 Å². The first-order chi connectivity index (χ1) is 11.5. The maximum atomic E-state index is 12.2. The molecule has 0 radical (unpaired) electrons. The second-order valence-corrected chi connectivity index (χ2v) is 7.71. The van der Waals surface area contributed by atoms with Crippen molar-refractivity contribution < 1.29 is 9.53 Å². The average molecular weight is 374 g/mol. The zero-order valence-electron chi connectivity index (χ0n) is 14.0. The van der Waals surface area contributed by atoms with Gasteiger partial charge >= 0.3 is 6.03 Å². The van der Waals surface area contributed by atoms with Crippen LogP contribution < -0.4 is 10.6 Å². The van der Waals surface area contributed by atoms with E-state index >= 15 is 0 Å². The predicted molar refractivity (Wildman–Crippen MR) is 95.6 cm³/mol. The van der Waals surface area contributed by atoms with Crippen molar-refractivity contribution in [2.24, 2.45) is 7.05 Å². The summed E-state index contributed by atoms with van der Waals surface area (Å²) in [5.74, 6) is 0. The van der Waals surface area contributed by atoms with Gasteiger partial charge < -0.3 is 19.9 Å². The standard InChI is InChI=1S/C17H25Cl2N3O2/c1-22-13(9-14(18)15(22)19)11-20-16(23)21-12-5-8-24-17(10-12)6-3-2-4-7-17/h9,12H,2-8,10-11H2,1H3,(H2,20,21,23)/t12-/m1/s1. The van der Waals surface area contributed by atoms with Gasteiger partial charge in [-0.2, -0.15) is 0 Å². The number of urea groups is 1. The zero-order chi connectivity index (χ0) is 17.2. The number of aromatic nitrogens is 1. The molecule has 1 atom stereocenters. The summed E-state index contributed by atoms with van der Waals surface area (Å²) in [5, 5.41) is 6.97. The molecule has 1 aromatic rings. The molecule has 2 amide bonds. The van der Waals surface area contributed by atoms with Crippen molar-refractivity contribution in [2.75, 3.05) is 6.61 Å². The van der Waals surface area contributed by atoms with Crippen molar-refractivity contribution in [3.63, 3.8) is 0 Å². The van der Waals surface area contributed by atoms with Gasteiger partial charge in [0.25, 0.3) is 0 Å². The summed E-state index contributed by atoms with van der Waals surface area (Å²) in [6, 6.07) is 1.80. The molecular weight excluding hydrogens is 349 g/mol. The molecule has 3 rings (SSSR count).